The van der Waals surface area contributed by atoms with E-state index in [0.717, 1.165) is 5.56 Å². The zero-order valence-corrected chi connectivity index (χ0v) is 16.1. The van der Waals surface area contributed by atoms with E-state index in [2.05, 4.69) is 10.6 Å². The number of primary amides is 1. The van der Waals surface area contributed by atoms with Crippen LogP contribution < -0.4 is 16.4 Å². The number of aliphatic hydroxyl groups excluding tert-OH is 1. The lowest BCUT2D eigenvalue weighted by Gasteiger charge is -2.20. The molecule has 0 fully saturated rings. The molecule has 9 heteroatoms. The summed E-state index contributed by atoms with van der Waals surface area (Å²) in [7, 11) is 0. The second kappa shape index (κ2) is 11.2. The first-order valence-corrected chi connectivity index (χ1v) is 9.09. The van der Waals surface area contributed by atoms with Crippen LogP contribution in [-0.4, -0.2) is 41.7 Å². The van der Waals surface area contributed by atoms with Gasteiger partial charge in [-0.25, -0.2) is 4.79 Å². The number of aliphatic hydroxyl groups is 1. The van der Waals surface area contributed by atoms with Crippen molar-refractivity contribution in [3.05, 3.63) is 71.3 Å². The molecule has 0 aliphatic rings. The maximum absolute atomic E-state index is 12.4. The topological polar surface area (TPSA) is 155 Å². The van der Waals surface area contributed by atoms with Crippen molar-refractivity contribution in [2.24, 2.45) is 5.73 Å². The Bertz CT molecular complexity index is 926. The number of ether oxygens (including phenoxy) is 1. The van der Waals surface area contributed by atoms with Crippen LogP contribution in [0.4, 0.5) is 4.79 Å². The number of rotatable bonds is 9. The van der Waals surface area contributed by atoms with Gasteiger partial charge in [-0.3, -0.25) is 9.59 Å². The zero-order valence-electron chi connectivity index (χ0n) is 16.1. The maximum Gasteiger partial charge on any atom is 0.408 e. The Balaban J connectivity index is 1.94. The summed E-state index contributed by atoms with van der Waals surface area (Å²) in [4.78, 5) is 36.1. The molecule has 30 heavy (non-hydrogen) atoms. The standard InChI is InChI=1S/C21H22N4O5/c22-11-16-8-4-7-15(9-16)10-17(19(23)27)24-20(28)18(12-26)25-21(29)30-13-14-5-2-1-3-6-14/h1-9,17-18,26H,10,12-13H2,(H2,23,27)(H,24,28)(H,25,29)/t17-,18-/m0/s1. The van der Waals surface area contributed by atoms with Gasteiger partial charge in [-0.15, -0.1) is 0 Å². The second-order valence-corrected chi connectivity index (χ2v) is 6.42. The third-order valence-corrected chi connectivity index (χ3v) is 4.16. The Morgan fingerprint density at radius 3 is 2.37 bits per heavy atom. The lowest BCUT2D eigenvalue weighted by atomic mass is 10.0. The molecule has 9 nitrogen and oxygen atoms in total. The van der Waals surface area contributed by atoms with Crippen LogP contribution in [0.15, 0.2) is 54.6 Å². The van der Waals surface area contributed by atoms with Crippen LogP contribution in [-0.2, 0) is 27.4 Å². The van der Waals surface area contributed by atoms with Crippen molar-refractivity contribution >= 4 is 17.9 Å². The van der Waals surface area contributed by atoms with Crippen molar-refractivity contribution in [3.8, 4) is 6.07 Å². The molecule has 0 saturated heterocycles. The largest absolute Gasteiger partial charge is 0.445 e. The van der Waals surface area contributed by atoms with Gasteiger partial charge in [-0.1, -0.05) is 42.5 Å². The zero-order chi connectivity index (χ0) is 21.9. The minimum atomic E-state index is -1.33. The molecule has 0 radical (unpaired) electrons. The Morgan fingerprint density at radius 2 is 1.73 bits per heavy atom. The predicted octanol–water partition coefficient (Wildman–Crippen LogP) is 0.358. The molecule has 0 unspecified atom stereocenters. The molecule has 0 aliphatic heterocycles. The fraction of sp³-hybridized carbons (Fsp3) is 0.238. The van der Waals surface area contributed by atoms with Gasteiger partial charge in [-0.05, 0) is 23.3 Å². The Kier molecular flexibility index (Phi) is 8.35. The van der Waals surface area contributed by atoms with E-state index in [1.54, 1.807) is 48.5 Å². The molecule has 5 N–H and O–H groups in total. The number of nitrogens with two attached hydrogens (primary N) is 1. The summed E-state index contributed by atoms with van der Waals surface area (Å²) >= 11 is 0. The molecular formula is C21H22N4O5. The van der Waals surface area contributed by atoms with Crippen LogP contribution in [0.2, 0.25) is 0 Å². The highest BCUT2D eigenvalue weighted by molar-refractivity contribution is 5.91. The van der Waals surface area contributed by atoms with Gasteiger partial charge in [0.25, 0.3) is 0 Å². The lowest BCUT2D eigenvalue weighted by Crippen LogP contribution is -2.54. The van der Waals surface area contributed by atoms with Crippen LogP contribution in [0.25, 0.3) is 0 Å². The molecule has 156 valence electrons. The van der Waals surface area contributed by atoms with E-state index in [1.165, 1.54) is 0 Å². The van der Waals surface area contributed by atoms with Gasteiger partial charge in [0.15, 0.2) is 0 Å². The first kappa shape index (κ1) is 22.4. The van der Waals surface area contributed by atoms with E-state index in [1.807, 2.05) is 12.1 Å². The fourth-order valence-corrected chi connectivity index (χ4v) is 2.60. The van der Waals surface area contributed by atoms with Gasteiger partial charge in [0.1, 0.15) is 18.7 Å². The molecule has 2 atom stereocenters. The Morgan fingerprint density at radius 1 is 1.03 bits per heavy atom. The number of hydrogen-bond donors (Lipinski definition) is 4. The first-order valence-electron chi connectivity index (χ1n) is 9.09. The van der Waals surface area contributed by atoms with Gasteiger partial charge in [0.05, 0.1) is 18.2 Å². The molecule has 0 aromatic heterocycles. The SMILES string of the molecule is N#Cc1cccc(C[C@H](NC(=O)[C@H](CO)NC(=O)OCc2ccccc2)C(N)=O)c1. The monoisotopic (exact) mass is 410 g/mol. The van der Waals surface area contributed by atoms with Crippen molar-refractivity contribution in [1.82, 2.24) is 10.6 Å². The van der Waals surface area contributed by atoms with Crippen LogP contribution in [0, 0.1) is 11.3 Å². The van der Waals surface area contributed by atoms with Crippen molar-refractivity contribution in [1.29, 1.82) is 5.26 Å². The van der Waals surface area contributed by atoms with Gasteiger partial charge in [-0.2, -0.15) is 5.26 Å². The van der Waals surface area contributed by atoms with Crippen molar-refractivity contribution < 1.29 is 24.2 Å². The molecule has 2 aromatic rings. The van der Waals surface area contributed by atoms with Crippen molar-refractivity contribution in [3.63, 3.8) is 0 Å². The second-order valence-electron chi connectivity index (χ2n) is 6.42. The smallest absolute Gasteiger partial charge is 0.408 e. The highest BCUT2D eigenvalue weighted by Gasteiger charge is 2.26. The van der Waals surface area contributed by atoms with E-state index >= 15 is 0 Å². The van der Waals surface area contributed by atoms with Gasteiger partial charge in [0.2, 0.25) is 11.8 Å². The summed E-state index contributed by atoms with van der Waals surface area (Å²) < 4.78 is 5.02. The lowest BCUT2D eigenvalue weighted by molar-refractivity contribution is -0.129. The van der Waals surface area contributed by atoms with Crippen LogP contribution >= 0.6 is 0 Å². The summed E-state index contributed by atoms with van der Waals surface area (Å²) in [5, 5.41) is 23.1. The van der Waals surface area contributed by atoms with Crippen molar-refractivity contribution in [2.75, 3.05) is 6.61 Å². The van der Waals surface area contributed by atoms with Gasteiger partial charge in [0, 0.05) is 6.42 Å². The van der Waals surface area contributed by atoms with E-state index in [9.17, 15) is 19.5 Å². The number of carbonyl (C=O) groups excluding carboxylic acids is 3. The van der Waals surface area contributed by atoms with Crippen molar-refractivity contribution in [2.45, 2.75) is 25.1 Å². The number of amides is 3. The fourth-order valence-electron chi connectivity index (χ4n) is 2.60. The summed E-state index contributed by atoms with van der Waals surface area (Å²) in [6, 6.07) is 15.0. The molecule has 2 rings (SSSR count). The van der Waals surface area contributed by atoms with Crippen LogP contribution in [0.5, 0.6) is 0 Å². The van der Waals surface area contributed by atoms with E-state index in [4.69, 9.17) is 15.7 Å². The summed E-state index contributed by atoms with van der Waals surface area (Å²) in [5.74, 6) is -1.59. The number of nitriles is 1. The van der Waals surface area contributed by atoms with E-state index in [-0.39, 0.29) is 13.0 Å². The van der Waals surface area contributed by atoms with Gasteiger partial charge >= 0.3 is 6.09 Å². The number of hydrogen-bond acceptors (Lipinski definition) is 6. The molecule has 0 aliphatic carbocycles. The highest BCUT2D eigenvalue weighted by Crippen LogP contribution is 2.08. The average molecular weight is 410 g/mol. The number of carbonyl (C=O) groups is 3. The van der Waals surface area contributed by atoms with E-state index in [0.29, 0.717) is 11.1 Å². The minimum absolute atomic E-state index is 0.00835. The average Bonchev–Trinajstić information content (AvgIpc) is 2.76. The molecule has 0 heterocycles. The molecule has 0 bridgehead atoms. The quantitative estimate of drug-likeness (QED) is 0.468. The number of alkyl carbamates (subject to hydrolysis) is 1. The number of benzene rings is 2. The summed E-state index contributed by atoms with van der Waals surface area (Å²) in [5.41, 5.74) is 7.14. The maximum atomic E-state index is 12.4. The number of nitrogens with one attached hydrogen (secondary N) is 2. The Hall–Kier alpha value is -3.90. The van der Waals surface area contributed by atoms with Crippen LogP contribution in [0.3, 0.4) is 0 Å². The third-order valence-electron chi connectivity index (χ3n) is 4.16. The summed E-state index contributed by atoms with van der Waals surface area (Å²) in [6.07, 6.45) is -0.849. The molecule has 2 aromatic carbocycles. The molecule has 0 spiro atoms. The molecule has 0 saturated carbocycles. The van der Waals surface area contributed by atoms with Crippen LogP contribution in [0.1, 0.15) is 16.7 Å². The molecule has 3 amide bonds. The highest BCUT2D eigenvalue weighted by atomic mass is 16.5. The van der Waals surface area contributed by atoms with Gasteiger partial charge < -0.3 is 26.2 Å². The van der Waals surface area contributed by atoms with E-state index < -0.39 is 36.6 Å². The third kappa shape index (κ3) is 6.92. The first-order chi connectivity index (χ1) is 14.4. The normalized spacial score (nSPS) is 12.1. The minimum Gasteiger partial charge on any atom is -0.445 e. The molecular weight excluding hydrogens is 388 g/mol. The Labute approximate surface area is 173 Å². The summed E-state index contributed by atoms with van der Waals surface area (Å²) in [6.45, 7) is -0.715. The number of nitrogens with zero attached hydrogens (tertiary/aromatic N) is 1. The predicted molar refractivity (Wildman–Crippen MR) is 107 cm³/mol.